The predicted octanol–water partition coefficient (Wildman–Crippen LogP) is 5.49. The fourth-order valence-electron chi connectivity index (χ4n) is 3.88. The number of aryl methyl sites for hydroxylation is 2. The lowest BCUT2D eigenvalue weighted by Gasteiger charge is -2.16. The maximum Gasteiger partial charge on any atom is 0.338 e. The Balaban J connectivity index is 1.47. The summed E-state index contributed by atoms with van der Waals surface area (Å²) in [5, 5.41) is 5.01. The van der Waals surface area contributed by atoms with Crippen molar-refractivity contribution >= 4 is 28.3 Å². The molecule has 0 aliphatic carbocycles. The molecule has 4 aromatic carbocycles. The normalized spacial score (nSPS) is 13.0. The summed E-state index contributed by atoms with van der Waals surface area (Å²) in [6, 6.07) is 25.1. The van der Waals surface area contributed by atoms with Gasteiger partial charge in [-0.05, 0) is 59.5 Å². The van der Waals surface area contributed by atoms with E-state index in [9.17, 15) is 9.59 Å². The number of rotatable bonds is 7. The van der Waals surface area contributed by atoms with Crippen molar-refractivity contribution in [3.05, 3.63) is 113 Å². The Bertz CT molecular complexity index is 1420. The summed E-state index contributed by atoms with van der Waals surface area (Å²) < 4.78 is 21.8. The van der Waals surface area contributed by atoms with Crippen LogP contribution >= 0.6 is 0 Å². The average Bonchev–Trinajstić information content (AvgIpc) is 2.84. The molecule has 4 aromatic rings. The highest BCUT2D eigenvalue weighted by molar-refractivity contribution is 5.98. The van der Waals surface area contributed by atoms with E-state index in [1.165, 1.54) is 12.1 Å². The zero-order valence-electron chi connectivity index (χ0n) is 21.2. The first-order valence-corrected chi connectivity index (χ1v) is 11.1. The molecule has 0 unspecified atom stereocenters. The van der Waals surface area contributed by atoms with Gasteiger partial charge < -0.3 is 15.8 Å². The van der Waals surface area contributed by atoms with Crippen molar-refractivity contribution in [3.8, 4) is 0 Å². The maximum absolute atomic E-state index is 13.0. The Morgan fingerprint density at radius 3 is 2.38 bits per heavy atom. The van der Waals surface area contributed by atoms with Crippen molar-refractivity contribution in [1.82, 2.24) is 0 Å². The van der Waals surface area contributed by atoms with Crippen molar-refractivity contribution in [2.45, 2.75) is 26.3 Å². The van der Waals surface area contributed by atoms with Crippen molar-refractivity contribution in [3.63, 3.8) is 0 Å². The zero-order valence-corrected chi connectivity index (χ0v) is 19.2. The van der Waals surface area contributed by atoms with Gasteiger partial charge in [-0.1, -0.05) is 72.3 Å². The molecule has 1 atom stereocenters. The summed E-state index contributed by atoms with van der Waals surface area (Å²) in [6.07, 6.45) is 0. The van der Waals surface area contributed by atoms with Crippen molar-refractivity contribution < 1.29 is 17.1 Å². The molecule has 0 bridgehead atoms. The smallest absolute Gasteiger partial charge is 0.338 e. The quantitative estimate of drug-likeness (QED) is 0.362. The second kappa shape index (κ2) is 10.3. The first kappa shape index (κ1) is 20.6. The number of hydrogen-bond donors (Lipinski definition) is 2. The van der Waals surface area contributed by atoms with E-state index < -0.39 is 18.4 Å². The minimum Gasteiger partial charge on any atom is -0.457 e. The summed E-state index contributed by atoms with van der Waals surface area (Å²) in [7, 11) is 0. The van der Waals surface area contributed by atoms with E-state index >= 15 is 0 Å². The Hall–Kier alpha value is -3.96. The summed E-state index contributed by atoms with van der Waals surface area (Å²) in [5.41, 5.74) is 9.42. The number of carbonyl (C=O) groups is 2. The van der Waals surface area contributed by atoms with Gasteiger partial charge in [0.1, 0.15) is 6.56 Å². The number of ether oxygens (including phenoxy) is 1. The van der Waals surface area contributed by atoms with Crippen LogP contribution in [-0.4, -0.2) is 18.4 Å². The Labute approximate surface area is 202 Å². The van der Waals surface area contributed by atoms with Crippen molar-refractivity contribution in [2.75, 3.05) is 11.9 Å². The van der Waals surface area contributed by atoms with Gasteiger partial charge in [-0.2, -0.15) is 0 Å². The summed E-state index contributed by atoms with van der Waals surface area (Å²) in [6.45, 7) is 1.43. The number of fused-ring (bicyclic) bond motifs is 1. The van der Waals surface area contributed by atoms with Crippen LogP contribution in [0.2, 0.25) is 0 Å². The Morgan fingerprint density at radius 1 is 0.941 bits per heavy atom. The lowest BCUT2D eigenvalue weighted by atomic mass is 9.97. The minimum atomic E-state index is -2.35. The van der Waals surface area contributed by atoms with Crippen LogP contribution in [0.4, 0.5) is 5.69 Å². The van der Waals surface area contributed by atoms with Gasteiger partial charge in [0.15, 0.2) is 0 Å². The van der Waals surface area contributed by atoms with Crippen LogP contribution < -0.4 is 11.1 Å². The van der Waals surface area contributed by atoms with Gasteiger partial charge in [0.2, 0.25) is 5.91 Å². The Kier molecular flexibility index (Phi) is 6.26. The second-order valence-corrected chi connectivity index (χ2v) is 8.27. The molecule has 5 nitrogen and oxygen atoms in total. The molecule has 0 radical (unpaired) electrons. The number of anilines is 1. The largest absolute Gasteiger partial charge is 0.457 e. The highest BCUT2D eigenvalue weighted by Crippen LogP contribution is 2.22. The van der Waals surface area contributed by atoms with Crippen LogP contribution in [0.5, 0.6) is 0 Å². The number of nitrogens with one attached hydrogen (secondary N) is 1. The summed E-state index contributed by atoms with van der Waals surface area (Å²) in [4.78, 5) is 25.6. The number of amides is 1. The molecule has 0 saturated heterocycles. The molecular formula is C29H28N2O3. The molecule has 0 saturated carbocycles. The molecule has 0 aliphatic heterocycles. The standard InChI is InChI=1S/C29H28N2O3/c1-19-7-14-26(20(2)15-19)29(33)34-18-21-8-10-23(11-9-21)27(17-30)28(32)31-25-13-12-22-5-3-4-6-24(22)16-25/h3-16,27H,17-18,30H2,1-2H3,(H,31,32)/t27-/m1/s1/i18D2. The number of hydrogen-bond acceptors (Lipinski definition) is 4. The van der Waals surface area contributed by atoms with Gasteiger partial charge >= 0.3 is 5.97 Å². The first-order valence-electron chi connectivity index (χ1n) is 12.1. The van der Waals surface area contributed by atoms with Gasteiger partial charge in [-0.25, -0.2) is 4.79 Å². The topological polar surface area (TPSA) is 81.4 Å². The molecule has 5 heteroatoms. The second-order valence-electron chi connectivity index (χ2n) is 8.27. The summed E-state index contributed by atoms with van der Waals surface area (Å²) in [5.74, 6) is -1.63. The third-order valence-electron chi connectivity index (χ3n) is 5.75. The van der Waals surface area contributed by atoms with Crippen molar-refractivity contribution in [2.24, 2.45) is 5.73 Å². The predicted molar refractivity (Wildman–Crippen MR) is 136 cm³/mol. The van der Waals surface area contributed by atoms with E-state index in [2.05, 4.69) is 5.32 Å². The maximum atomic E-state index is 13.0. The minimum absolute atomic E-state index is 0.0767. The zero-order chi connectivity index (χ0) is 25.9. The molecular weight excluding hydrogens is 424 g/mol. The first-order chi connectivity index (χ1) is 17.2. The highest BCUT2D eigenvalue weighted by Gasteiger charge is 2.19. The summed E-state index contributed by atoms with van der Waals surface area (Å²) >= 11 is 0. The molecule has 0 spiro atoms. The molecule has 34 heavy (non-hydrogen) atoms. The van der Waals surface area contributed by atoms with Gasteiger partial charge in [-0.15, -0.1) is 0 Å². The number of carbonyl (C=O) groups excluding carboxylic acids is 2. The van der Waals surface area contributed by atoms with E-state index in [-0.39, 0.29) is 18.0 Å². The van der Waals surface area contributed by atoms with E-state index in [0.29, 0.717) is 16.8 Å². The van der Waals surface area contributed by atoms with Gasteiger partial charge in [0.05, 0.1) is 14.2 Å². The van der Waals surface area contributed by atoms with E-state index in [1.54, 1.807) is 31.2 Å². The van der Waals surface area contributed by atoms with E-state index in [1.807, 2.05) is 55.5 Å². The third-order valence-corrected chi connectivity index (χ3v) is 5.75. The highest BCUT2D eigenvalue weighted by atomic mass is 16.5. The third kappa shape index (κ3) is 5.33. The lowest BCUT2D eigenvalue weighted by molar-refractivity contribution is -0.117. The van der Waals surface area contributed by atoms with E-state index in [4.69, 9.17) is 13.2 Å². The number of nitrogens with two attached hydrogens (primary N) is 1. The Morgan fingerprint density at radius 2 is 1.68 bits per heavy atom. The van der Waals surface area contributed by atoms with Gasteiger partial charge in [0, 0.05) is 12.2 Å². The molecule has 4 rings (SSSR count). The monoisotopic (exact) mass is 454 g/mol. The molecule has 1 amide bonds. The van der Waals surface area contributed by atoms with Crippen LogP contribution in [0.1, 0.15) is 41.3 Å². The van der Waals surface area contributed by atoms with Crippen LogP contribution in [0.15, 0.2) is 84.9 Å². The molecule has 0 aromatic heterocycles. The van der Waals surface area contributed by atoms with Crippen molar-refractivity contribution in [1.29, 1.82) is 0 Å². The molecule has 172 valence electrons. The van der Waals surface area contributed by atoms with Crippen LogP contribution in [-0.2, 0) is 16.1 Å². The number of benzene rings is 4. The molecule has 0 aliphatic rings. The number of esters is 1. The molecule has 3 N–H and O–H groups in total. The van der Waals surface area contributed by atoms with Crippen LogP contribution in [0.3, 0.4) is 0 Å². The van der Waals surface area contributed by atoms with Gasteiger partial charge in [-0.3, -0.25) is 4.79 Å². The fraction of sp³-hybridized carbons (Fsp3) is 0.172. The van der Waals surface area contributed by atoms with Crippen LogP contribution in [0, 0.1) is 13.8 Å². The van der Waals surface area contributed by atoms with E-state index in [0.717, 1.165) is 21.9 Å². The van der Waals surface area contributed by atoms with Gasteiger partial charge in [0.25, 0.3) is 0 Å². The van der Waals surface area contributed by atoms with Crippen LogP contribution in [0.25, 0.3) is 10.8 Å². The average molecular weight is 455 g/mol. The lowest BCUT2D eigenvalue weighted by Crippen LogP contribution is -2.27. The molecule has 0 heterocycles. The fourth-order valence-corrected chi connectivity index (χ4v) is 3.88. The SMILES string of the molecule is [2H]C([2H])(OC(=O)c1ccc(C)cc1C)c1ccc([C@@H](CN)C(=O)Nc2ccc3ccccc3c2)cc1. The molecule has 0 fully saturated rings.